The first-order chi connectivity index (χ1) is 15.7. The second kappa shape index (κ2) is 9.78. The molecule has 3 N–H and O–H groups in total. The molecule has 0 radical (unpaired) electrons. The lowest BCUT2D eigenvalue weighted by atomic mass is 10.2. The molecular weight excluding hydrogens is 452 g/mol. The van der Waals surface area contributed by atoms with Crippen molar-refractivity contribution in [3.05, 3.63) is 88.0 Å². The number of hydrogen-bond acceptors (Lipinski definition) is 8. The Morgan fingerprint density at radius 1 is 1.09 bits per heavy atom. The fraction of sp³-hybridized carbons (Fsp3) is 0.0476. The van der Waals surface area contributed by atoms with Gasteiger partial charge < -0.3 is 9.84 Å². The van der Waals surface area contributed by atoms with Gasteiger partial charge in [0.1, 0.15) is 10.6 Å². The molecule has 0 saturated heterocycles. The smallest absolute Gasteiger partial charge is 0.337 e. The summed E-state index contributed by atoms with van der Waals surface area (Å²) in [5.41, 5.74) is 2.26. The molecule has 3 rings (SSSR count). The van der Waals surface area contributed by atoms with Crippen LogP contribution in [0.3, 0.4) is 0 Å². The number of aromatic carboxylic acids is 1. The Morgan fingerprint density at radius 3 is 2.42 bits per heavy atom. The van der Waals surface area contributed by atoms with E-state index < -0.39 is 31.5 Å². The molecule has 3 aromatic rings. The summed E-state index contributed by atoms with van der Waals surface area (Å²) in [6.45, 7) is 0. The van der Waals surface area contributed by atoms with E-state index >= 15 is 0 Å². The van der Waals surface area contributed by atoms with Crippen LogP contribution in [0.2, 0.25) is 0 Å². The van der Waals surface area contributed by atoms with Crippen LogP contribution in [-0.4, -0.2) is 37.7 Å². The van der Waals surface area contributed by atoms with Crippen LogP contribution in [0.15, 0.2) is 76.7 Å². The Labute approximate surface area is 188 Å². The number of nitrogens with one attached hydrogen (secondary N) is 2. The molecule has 0 saturated carbocycles. The maximum atomic E-state index is 13.0. The van der Waals surface area contributed by atoms with Gasteiger partial charge in [0.2, 0.25) is 0 Å². The van der Waals surface area contributed by atoms with Crippen molar-refractivity contribution in [1.82, 2.24) is 0 Å². The van der Waals surface area contributed by atoms with Gasteiger partial charge in [-0.15, -0.1) is 0 Å². The van der Waals surface area contributed by atoms with Crippen molar-refractivity contribution in [1.29, 1.82) is 0 Å². The fourth-order valence-corrected chi connectivity index (χ4v) is 4.02. The minimum absolute atomic E-state index is 0.0503. The summed E-state index contributed by atoms with van der Waals surface area (Å²) in [7, 11) is -2.90. The van der Waals surface area contributed by atoms with Gasteiger partial charge in [-0.3, -0.25) is 20.3 Å². The van der Waals surface area contributed by atoms with Gasteiger partial charge >= 0.3 is 5.97 Å². The van der Waals surface area contributed by atoms with Gasteiger partial charge in [0, 0.05) is 12.1 Å². The molecule has 3 aromatic carbocycles. The van der Waals surface area contributed by atoms with E-state index in [1.54, 1.807) is 24.3 Å². The molecule has 0 fully saturated rings. The lowest BCUT2D eigenvalue weighted by Crippen LogP contribution is -2.17. The average Bonchev–Trinajstić information content (AvgIpc) is 2.79. The van der Waals surface area contributed by atoms with Crippen LogP contribution in [0.5, 0.6) is 5.75 Å². The number of para-hydroxylation sites is 1. The number of nitro groups is 1. The molecule has 11 nitrogen and oxygen atoms in total. The summed E-state index contributed by atoms with van der Waals surface area (Å²) in [6, 6.07) is 15.4. The third-order valence-electron chi connectivity index (χ3n) is 4.38. The Morgan fingerprint density at radius 2 is 1.79 bits per heavy atom. The van der Waals surface area contributed by atoms with E-state index in [0.29, 0.717) is 11.3 Å². The minimum atomic E-state index is -4.43. The largest absolute Gasteiger partial charge is 0.497 e. The van der Waals surface area contributed by atoms with E-state index in [1.807, 2.05) is 0 Å². The molecule has 0 atom stereocenters. The normalized spacial score (nSPS) is 11.2. The summed E-state index contributed by atoms with van der Waals surface area (Å²) in [5.74, 6) is -0.689. The number of carboxylic acids is 1. The fourth-order valence-electron chi connectivity index (χ4n) is 2.76. The third-order valence-corrected chi connectivity index (χ3v) is 5.79. The first-order valence-corrected chi connectivity index (χ1v) is 10.8. The van der Waals surface area contributed by atoms with E-state index in [-0.39, 0.29) is 16.9 Å². The summed E-state index contributed by atoms with van der Waals surface area (Å²) in [4.78, 5) is 21.4. The molecule has 0 aliphatic carbocycles. The van der Waals surface area contributed by atoms with Gasteiger partial charge in [-0.1, -0.05) is 12.1 Å². The Hall–Kier alpha value is -4.45. The number of hydrogen-bond donors (Lipinski definition) is 3. The number of methoxy groups -OCH3 is 1. The monoisotopic (exact) mass is 470 g/mol. The van der Waals surface area contributed by atoms with Crippen LogP contribution in [-0.2, 0) is 10.0 Å². The number of sulfonamides is 1. The third kappa shape index (κ3) is 5.62. The number of carbonyl (C=O) groups is 1. The SMILES string of the molecule is COc1ccc(C=NNc2ccc([N+](=O)[O-])cc2S(=O)(=O)Nc2ccccc2C(=O)O)cc1. The van der Waals surface area contributed by atoms with Gasteiger partial charge in [0.25, 0.3) is 15.7 Å². The van der Waals surface area contributed by atoms with Crippen LogP contribution in [0.4, 0.5) is 17.1 Å². The highest BCUT2D eigenvalue weighted by Gasteiger charge is 2.24. The molecule has 12 heteroatoms. The number of nitro benzene ring substituents is 1. The molecule has 0 unspecified atom stereocenters. The van der Waals surface area contributed by atoms with Crippen molar-refractivity contribution in [2.75, 3.05) is 17.3 Å². The molecule has 0 spiro atoms. The van der Waals surface area contributed by atoms with Crippen molar-refractivity contribution in [3.63, 3.8) is 0 Å². The van der Waals surface area contributed by atoms with E-state index in [9.17, 15) is 28.4 Å². The Balaban J connectivity index is 1.95. The van der Waals surface area contributed by atoms with Crippen LogP contribution in [0, 0.1) is 10.1 Å². The molecule has 0 bridgehead atoms. The van der Waals surface area contributed by atoms with E-state index in [2.05, 4.69) is 15.2 Å². The molecule has 33 heavy (non-hydrogen) atoms. The van der Waals surface area contributed by atoms with E-state index in [0.717, 1.165) is 12.1 Å². The second-order valence-electron chi connectivity index (χ2n) is 6.54. The van der Waals surface area contributed by atoms with E-state index in [4.69, 9.17) is 4.74 Å². The Bertz CT molecular complexity index is 1320. The summed E-state index contributed by atoms with van der Waals surface area (Å²) in [5, 5.41) is 24.5. The van der Waals surface area contributed by atoms with Gasteiger partial charge in [0.05, 0.1) is 35.2 Å². The van der Waals surface area contributed by atoms with Gasteiger partial charge in [-0.2, -0.15) is 5.10 Å². The zero-order valence-corrected chi connectivity index (χ0v) is 17.9. The number of anilines is 2. The van der Waals surface area contributed by atoms with Gasteiger partial charge in [-0.25, -0.2) is 13.2 Å². The molecular formula is C21H18N4O7S. The number of ether oxygens (including phenoxy) is 1. The zero-order valence-electron chi connectivity index (χ0n) is 17.1. The lowest BCUT2D eigenvalue weighted by Gasteiger charge is -2.13. The number of benzene rings is 3. The van der Waals surface area contributed by atoms with Gasteiger partial charge in [-0.05, 0) is 48.0 Å². The molecule has 0 amide bonds. The summed E-state index contributed by atoms with van der Waals surface area (Å²) < 4.78 is 33.3. The predicted octanol–water partition coefficient (Wildman–Crippen LogP) is 3.55. The molecule has 170 valence electrons. The zero-order chi connectivity index (χ0) is 24.0. The highest BCUT2D eigenvalue weighted by Crippen LogP contribution is 2.29. The highest BCUT2D eigenvalue weighted by molar-refractivity contribution is 7.93. The molecule has 0 heterocycles. The van der Waals surface area contributed by atoms with Crippen LogP contribution in [0.25, 0.3) is 0 Å². The number of non-ortho nitro benzene ring substituents is 1. The second-order valence-corrected chi connectivity index (χ2v) is 8.19. The van der Waals surface area contributed by atoms with Crippen molar-refractivity contribution < 1.29 is 28.0 Å². The summed E-state index contributed by atoms with van der Waals surface area (Å²) in [6.07, 6.45) is 1.42. The topological polar surface area (TPSA) is 160 Å². The van der Waals surface area contributed by atoms with Crippen LogP contribution < -0.4 is 14.9 Å². The quantitative estimate of drug-likeness (QED) is 0.243. The average molecular weight is 470 g/mol. The van der Waals surface area contributed by atoms with Crippen LogP contribution >= 0.6 is 0 Å². The molecule has 0 aliphatic rings. The predicted molar refractivity (Wildman–Crippen MR) is 122 cm³/mol. The van der Waals surface area contributed by atoms with Crippen molar-refractivity contribution >= 4 is 39.3 Å². The standard InChI is InChI=1S/C21H18N4O7S/c1-32-16-9-6-14(7-10-16)13-22-23-19-11-8-15(25(28)29)12-20(19)33(30,31)24-18-5-3-2-4-17(18)21(26)27/h2-13,23-24H,1H3,(H,26,27). The minimum Gasteiger partial charge on any atom is -0.497 e. The van der Waals surface area contributed by atoms with Crippen molar-refractivity contribution in [2.45, 2.75) is 4.90 Å². The van der Waals surface area contributed by atoms with Crippen LogP contribution in [0.1, 0.15) is 15.9 Å². The number of rotatable bonds is 9. The van der Waals surface area contributed by atoms with Crippen molar-refractivity contribution in [2.24, 2.45) is 5.10 Å². The maximum Gasteiger partial charge on any atom is 0.337 e. The molecule has 0 aliphatic heterocycles. The highest BCUT2D eigenvalue weighted by atomic mass is 32.2. The Kier molecular flexibility index (Phi) is 6.88. The first kappa shape index (κ1) is 23.2. The number of carboxylic acid groups (broad SMARTS) is 1. The molecule has 0 aromatic heterocycles. The first-order valence-electron chi connectivity index (χ1n) is 9.28. The number of hydrazone groups is 1. The van der Waals surface area contributed by atoms with E-state index in [1.165, 1.54) is 43.7 Å². The summed E-state index contributed by atoms with van der Waals surface area (Å²) >= 11 is 0. The lowest BCUT2D eigenvalue weighted by molar-refractivity contribution is -0.385. The van der Waals surface area contributed by atoms with Crippen molar-refractivity contribution in [3.8, 4) is 5.75 Å². The number of nitrogens with zero attached hydrogens (tertiary/aromatic N) is 2. The maximum absolute atomic E-state index is 13.0. The van der Waals surface area contributed by atoms with Gasteiger partial charge in [0.15, 0.2) is 0 Å².